The average Bonchev–Trinajstić information content (AvgIpc) is 1.35. The molecule has 0 aromatic carbocycles. The Morgan fingerprint density at radius 3 is 1.33 bits per heavy atom. The molecule has 40 valence electrons. The van der Waals surface area contributed by atoms with Crippen LogP contribution in [0.3, 0.4) is 0 Å². The van der Waals surface area contributed by atoms with Crippen molar-refractivity contribution >= 4 is 13.6 Å². The standard InChI is InChI=1S/C5H15As/c1-5-6(2,3)4/h6H,5H2,1-4H3. The Hall–Kier alpha value is 0.558. The van der Waals surface area contributed by atoms with Crippen molar-refractivity contribution in [3.8, 4) is 0 Å². The molecule has 0 saturated heterocycles. The van der Waals surface area contributed by atoms with Crippen LogP contribution >= 0.6 is 0 Å². The van der Waals surface area contributed by atoms with Crippen molar-refractivity contribution < 1.29 is 0 Å². The number of rotatable bonds is 1. The third-order valence-electron chi connectivity index (χ3n) is 1.06. The molecule has 0 spiro atoms. The molecule has 0 rings (SSSR count). The Morgan fingerprint density at radius 1 is 1.17 bits per heavy atom. The molecule has 0 bridgehead atoms. The third kappa shape index (κ3) is 4.56. The first-order valence-corrected chi connectivity index (χ1v) is 10.3. The van der Waals surface area contributed by atoms with Gasteiger partial charge in [0.25, 0.3) is 0 Å². The first-order chi connectivity index (χ1) is 2.56. The van der Waals surface area contributed by atoms with Crippen LogP contribution in [0, 0.1) is 0 Å². The Kier molecular flexibility index (Phi) is 2.21. The summed E-state index contributed by atoms with van der Waals surface area (Å²) in [6.07, 6.45) is 0. The van der Waals surface area contributed by atoms with E-state index in [-0.39, 0.29) is 0 Å². The summed E-state index contributed by atoms with van der Waals surface area (Å²) in [5.41, 5.74) is 7.29. The maximum atomic E-state index is 2.43. The van der Waals surface area contributed by atoms with E-state index >= 15 is 0 Å². The second-order valence-electron chi connectivity index (χ2n) is 2.91. The second-order valence-corrected chi connectivity index (χ2v) is 15.1. The number of hydrogen-bond donors (Lipinski definition) is 0. The fraction of sp³-hybridized carbons (Fsp3) is 1.00. The van der Waals surface area contributed by atoms with Crippen molar-refractivity contribution in [3.05, 3.63) is 0 Å². The summed E-state index contributed by atoms with van der Waals surface area (Å²) < 4.78 is 0. The molecule has 0 aliphatic rings. The van der Waals surface area contributed by atoms with E-state index in [1.54, 1.807) is 0 Å². The van der Waals surface area contributed by atoms with Crippen LogP contribution in [0.5, 0.6) is 0 Å². The molecule has 0 radical (unpaired) electrons. The van der Waals surface area contributed by atoms with Gasteiger partial charge in [0, 0.05) is 0 Å². The Balaban J connectivity index is 3.17. The molecule has 0 aliphatic heterocycles. The Labute approximate surface area is 43.4 Å². The molecule has 0 nitrogen and oxygen atoms in total. The molecule has 0 unspecified atom stereocenters. The molecule has 0 atom stereocenters. The molecular weight excluding hydrogens is 135 g/mol. The summed E-state index contributed by atoms with van der Waals surface area (Å²) in [5.74, 6) is 0. The van der Waals surface area contributed by atoms with Gasteiger partial charge in [0.1, 0.15) is 0 Å². The summed E-state index contributed by atoms with van der Waals surface area (Å²) in [6.45, 7) is 2.29. The molecule has 0 N–H and O–H groups in total. The molecular formula is C5H15As. The molecule has 0 aromatic heterocycles. The van der Waals surface area contributed by atoms with E-state index in [4.69, 9.17) is 0 Å². The number of hydrogen-bond acceptors (Lipinski definition) is 0. The monoisotopic (exact) mass is 150 g/mol. The minimum atomic E-state index is -1.04. The van der Waals surface area contributed by atoms with Crippen LogP contribution in [0.1, 0.15) is 6.92 Å². The minimum absolute atomic E-state index is 1.04. The first-order valence-electron chi connectivity index (χ1n) is 2.56. The van der Waals surface area contributed by atoms with Gasteiger partial charge in [0.05, 0.1) is 0 Å². The van der Waals surface area contributed by atoms with Crippen molar-refractivity contribution in [2.75, 3.05) is 0 Å². The van der Waals surface area contributed by atoms with Gasteiger partial charge in [0.15, 0.2) is 0 Å². The molecule has 0 saturated carbocycles. The van der Waals surface area contributed by atoms with Crippen LogP contribution < -0.4 is 0 Å². The van der Waals surface area contributed by atoms with E-state index < -0.39 is 13.6 Å². The Bertz CT molecular complexity index is 33.7. The van der Waals surface area contributed by atoms with Crippen LogP contribution in [-0.2, 0) is 0 Å². The molecule has 0 amide bonds. The van der Waals surface area contributed by atoms with E-state index in [1.807, 2.05) is 0 Å². The average molecular weight is 150 g/mol. The fourth-order valence-corrected chi connectivity index (χ4v) is 0. The SMILES string of the molecule is CC[AsH](C)(C)C. The van der Waals surface area contributed by atoms with E-state index in [9.17, 15) is 0 Å². The second kappa shape index (κ2) is 2.02. The van der Waals surface area contributed by atoms with Gasteiger partial charge >= 0.3 is 42.8 Å². The van der Waals surface area contributed by atoms with Gasteiger partial charge in [-0.2, -0.15) is 0 Å². The van der Waals surface area contributed by atoms with E-state index in [1.165, 1.54) is 5.21 Å². The van der Waals surface area contributed by atoms with Crippen LogP contribution in [0.4, 0.5) is 0 Å². The van der Waals surface area contributed by atoms with E-state index in [2.05, 4.69) is 24.1 Å². The predicted molar refractivity (Wildman–Crippen MR) is 35.2 cm³/mol. The van der Waals surface area contributed by atoms with Gasteiger partial charge < -0.3 is 0 Å². The summed E-state index contributed by atoms with van der Waals surface area (Å²) in [6, 6.07) is 0. The summed E-state index contributed by atoms with van der Waals surface area (Å²) in [7, 11) is 0. The normalized spacial score (nSPS) is 14.7. The van der Waals surface area contributed by atoms with Crippen LogP contribution in [-0.4, -0.2) is 13.6 Å². The van der Waals surface area contributed by atoms with Gasteiger partial charge in [-0.05, 0) is 0 Å². The maximum absolute atomic E-state index is 2.43. The van der Waals surface area contributed by atoms with Crippen LogP contribution in [0.25, 0.3) is 0 Å². The molecule has 0 aliphatic carbocycles. The van der Waals surface area contributed by atoms with Gasteiger partial charge in [-0.1, -0.05) is 0 Å². The van der Waals surface area contributed by atoms with Crippen molar-refractivity contribution in [3.63, 3.8) is 0 Å². The zero-order chi connectivity index (χ0) is 5.21. The molecule has 0 aromatic rings. The van der Waals surface area contributed by atoms with Gasteiger partial charge in [-0.3, -0.25) is 0 Å². The third-order valence-corrected chi connectivity index (χ3v) is 5.51. The zero-order valence-electron chi connectivity index (χ0n) is 5.21. The summed E-state index contributed by atoms with van der Waals surface area (Å²) in [5, 5.41) is 1.46. The fourth-order valence-electron chi connectivity index (χ4n) is 0. The van der Waals surface area contributed by atoms with Gasteiger partial charge in [-0.15, -0.1) is 0 Å². The van der Waals surface area contributed by atoms with Gasteiger partial charge in [-0.25, -0.2) is 0 Å². The van der Waals surface area contributed by atoms with Crippen molar-refractivity contribution in [1.82, 2.24) is 0 Å². The summed E-state index contributed by atoms with van der Waals surface area (Å²) in [4.78, 5) is 0. The van der Waals surface area contributed by atoms with Crippen LogP contribution in [0.15, 0.2) is 0 Å². The topological polar surface area (TPSA) is 0 Å². The molecule has 0 heterocycles. The van der Waals surface area contributed by atoms with Crippen molar-refractivity contribution in [2.45, 2.75) is 29.3 Å². The van der Waals surface area contributed by atoms with E-state index in [0.29, 0.717) is 0 Å². The van der Waals surface area contributed by atoms with Gasteiger partial charge in [0.2, 0.25) is 0 Å². The molecule has 6 heavy (non-hydrogen) atoms. The predicted octanol–water partition coefficient (Wildman–Crippen LogP) is 2.08. The van der Waals surface area contributed by atoms with Crippen molar-refractivity contribution in [2.24, 2.45) is 0 Å². The van der Waals surface area contributed by atoms with Crippen LogP contribution in [0.2, 0.25) is 22.3 Å². The quantitative estimate of drug-likeness (QED) is 0.502. The molecule has 0 fully saturated rings. The van der Waals surface area contributed by atoms with Crippen molar-refractivity contribution in [1.29, 1.82) is 0 Å². The van der Waals surface area contributed by atoms with E-state index in [0.717, 1.165) is 0 Å². The summed E-state index contributed by atoms with van der Waals surface area (Å²) >= 11 is -1.04. The zero-order valence-corrected chi connectivity index (χ0v) is 7.31. The molecule has 1 heteroatoms. The first kappa shape index (κ1) is 6.56. The Morgan fingerprint density at radius 2 is 1.33 bits per heavy atom.